The fourth-order valence-electron chi connectivity index (χ4n) is 4.99. The predicted octanol–water partition coefficient (Wildman–Crippen LogP) is 2.77. The van der Waals surface area contributed by atoms with Crippen LogP contribution in [-0.4, -0.2) is 74.9 Å². The van der Waals surface area contributed by atoms with Crippen LogP contribution in [0.25, 0.3) is 11.0 Å². The Morgan fingerprint density at radius 3 is 2.88 bits per heavy atom. The summed E-state index contributed by atoms with van der Waals surface area (Å²) < 4.78 is 21.7. The van der Waals surface area contributed by atoms with Gasteiger partial charge in [-0.25, -0.2) is 14.1 Å². The van der Waals surface area contributed by atoms with Crippen molar-refractivity contribution in [3.8, 4) is 5.75 Å². The van der Waals surface area contributed by atoms with E-state index in [9.17, 15) is 9.18 Å². The summed E-state index contributed by atoms with van der Waals surface area (Å²) >= 11 is 0. The number of methoxy groups -OCH3 is 1. The van der Waals surface area contributed by atoms with Crippen molar-refractivity contribution in [3.63, 3.8) is 0 Å². The standard InChI is InChI=1S/C24H30FN7O2/c1-14-19(25)12-31(15(2)33)21(14)13-32-23-18(10-27-32)9-26-24(29-23)28-20-7-17-11-30(3)6-5-16(17)8-22(20)34-4/h7-10,14,19,21H,5-6,11-13H2,1-4H3,(H,26,28,29)/t14-,19+,21+/m0/s1. The van der Waals surface area contributed by atoms with Gasteiger partial charge >= 0.3 is 0 Å². The molecule has 0 unspecified atom stereocenters. The van der Waals surface area contributed by atoms with Crippen molar-refractivity contribution in [2.75, 3.05) is 32.6 Å². The summed E-state index contributed by atoms with van der Waals surface area (Å²) in [6.45, 7) is 5.71. The second-order valence-corrected chi connectivity index (χ2v) is 9.35. The lowest BCUT2D eigenvalue weighted by Gasteiger charge is -2.26. The summed E-state index contributed by atoms with van der Waals surface area (Å²) in [5, 5.41) is 8.54. The summed E-state index contributed by atoms with van der Waals surface area (Å²) in [4.78, 5) is 25.1. The smallest absolute Gasteiger partial charge is 0.229 e. The fourth-order valence-corrected chi connectivity index (χ4v) is 4.99. The number of alkyl halides is 1. The summed E-state index contributed by atoms with van der Waals surface area (Å²) in [5.41, 5.74) is 3.98. The van der Waals surface area contributed by atoms with E-state index < -0.39 is 6.17 Å². The second kappa shape index (κ2) is 8.83. The van der Waals surface area contributed by atoms with E-state index in [1.165, 1.54) is 18.1 Å². The molecule has 0 radical (unpaired) electrons. The van der Waals surface area contributed by atoms with Gasteiger partial charge in [-0.3, -0.25) is 4.79 Å². The van der Waals surface area contributed by atoms with E-state index in [1.54, 1.807) is 29.1 Å². The van der Waals surface area contributed by atoms with E-state index in [4.69, 9.17) is 9.72 Å². The number of nitrogens with zero attached hydrogens (tertiary/aromatic N) is 6. The molecule has 2 aliphatic heterocycles. The number of likely N-dealkylation sites (tertiary alicyclic amines) is 1. The van der Waals surface area contributed by atoms with Crippen molar-refractivity contribution in [1.29, 1.82) is 0 Å². The van der Waals surface area contributed by atoms with E-state index in [2.05, 4.69) is 39.5 Å². The number of carbonyl (C=O) groups is 1. The Balaban J connectivity index is 1.44. The highest BCUT2D eigenvalue weighted by Gasteiger charge is 2.41. The van der Waals surface area contributed by atoms with Crippen LogP contribution in [0.1, 0.15) is 25.0 Å². The number of anilines is 2. The van der Waals surface area contributed by atoms with Crippen molar-refractivity contribution in [1.82, 2.24) is 29.5 Å². The third kappa shape index (κ3) is 4.06. The zero-order chi connectivity index (χ0) is 24.0. The first-order chi connectivity index (χ1) is 16.3. The maximum atomic E-state index is 14.4. The third-order valence-corrected chi connectivity index (χ3v) is 7.06. The predicted molar refractivity (Wildman–Crippen MR) is 127 cm³/mol. The van der Waals surface area contributed by atoms with E-state index in [1.807, 2.05) is 6.92 Å². The molecule has 3 atom stereocenters. The Hall–Kier alpha value is -3.27. The molecule has 0 bridgehead atoms. The van der Waals surface area contributed by atoms with Gasteiger partial charge in [0.2, 0.25) is 11.9 Å². The highest BCUT2D eigenvalue weighted by molar-refractivity contribution is 5.76. The maximum absolute atomic E-state index is 14.4. The maximum Gasteiger partial charge on any atom is 0.229 e. The number of carbonyl (C=O) groups excluding carboxylic acids is 1. The second-order valence-electron chi connectivity index (χ2n) is 9.35. The van der Waals surface area contributed by atoms with Crippen LogP contribution in [-0.2, 0) is 24.3 Å². The molecule has 10 heteroatoms. The lowest BCUT2D eigenvalue weighted by molar-refractivity contribution is -0.130. The van der Waals surface area contributed by atoms with Crippen LogP contribution >= 0.6 is 0 Å². The zero-order valence-electron chi connectivity index (χ0n) is 20.0. The largest absolute Gasteiger partial charge is 0.495 e. The van der Waals surface area contributed by atoms with Gasteiger partial charge in [0.05, 0.1) is 43.5 Å². The minimum absolute atomic E-state index is 0.121. The molecule has 2 aromatic heterocycles. The topological polar surface area (TPSA) is 88.4 Å². The molecule has 2 aliphatic rings. The summed E-state index contributed by atoms with van der Waals surface area (Å²) in [6.07, 6.45) is 3.35. The van der Waals surface area contributed by atoms with Crippen LogP contribution in [0.4, 0.5) is 16.0 Å². The van der Waals surface area contributed by atoms with Crippen LogP contribution in [0, 0.1) is 5.92 Å². The molecule has 0 aliphatic carbocycles. The van der Waals surface area contributed by atoms with Crippen molar-refractivity contribution < 1.29 is 13.9 Å². The number of likely N-dealkylation sites (N-methyl/N-ethyl adjacent to an activating group) is 1. The number of hydrogen-bond donors (Lipinski definition) is 1. The van der Waals surface area contributed by atoms with Crippen LogP contribution in [0.2, 0.25) is 0 Å². The number of benzene rings is 1. The number of aromatic nitrogens is 4. The molecule has 3 aromatic rings. The lowest BCUT2D eigenvalue weighted by atomic mass is 9.99. The number of fused-ring (bicyclic) bond motifs is 2. The number of amides is 1. The number of rotatable bonds is 5. The molecule has 9 nitrogen and oxygen atoms in total. The average molecular weight is 468 g/mol. The van der Waals surface area contributed by atoms with E-state index in [0.29, 0.717) is 18.1 Å². The summed E-state index contributed by atoms with van der Waals surface area (Å²) in [5.74, 6) is 0.755. The Labute approximate surface area is 197 Å². The normalized spacial score (nSPS) is 22.7. The van der Waals surface area contributed by atoms with E-state index in [-0.39, 0.29) is 24.4 Å². The van der Waals surface area contributed by atoms with Gasteiger partial charge in [0.15, 0.2) is 5.65 Å². The highest BCUT2D eigenvalue weighted by Crippen LogP contribution is 2.33. The average Bonchev–Trinajstić information content (AvgIpc) is 3.34. The molecule has 180 valence electrons. The van der Waals surface area contributed by atoms with Gasteiger partial charge in [-0.2, -0.15) is 10.1 Å². The minimum atomic E-state index is -1.04. The number of halogens is 1. The first-order valence-electron chi connectivity index (χ1n) is 11.6. The van der Waals surface area contributed by atoms with Gasteiger partial charge in [0.25, 0.3) is 0 Å². The molecule has 1 saturated heterocycles. The monoisotopic (exact) mass is 467 g/mol. The van der Waals surface area contributed by atoms with Gasteiger partial charge < -0.3 is 19.9 Å². The van der Waals surface area contributed by atoms with Crippen LogP contribution in [0.15, 0.2) is 24.5 Å². The quantitative estimate of drug-likeness (QED) is 0.617. The molecule has 5 rings (SSSR count). The van der Waals surface area contributed by atoms with Gasteiger partial charge in [-0.15, -0.1) is 0 Å². The molecule has 34 heavy (non-hydrogen) atoms. The molecular formula is C24H30FN7O2. The van der Waals surface area contributed by atoms with Gasteiger partial charge in [0, 0.05) is 32.1 Å². The van der Waals surface area contributed by atoms with Crippen molar-refractivity contribution in [2.24, 2.45) is 5.92 Å². The Morgan fingerprint density at radius 1 is 1.29 bits per heavy atom. The number of ether oxygens (including phenoxy) is 1. The molecule has 1 fully saturated rings. The van der Waals surface area contributed by atoms with E-state index >= 15 is 0 Å². The fraction of sp³-hybridized carbons (Fsp3) is 0.500. The SMILES string of the molecule is COc1cc2c(cc1Nc1ncc3cnn(C[C@@H]4[C@@H](C)[C@H](F)CN4C(C)=O)c3n1)CN(C)CC2. The molecule has 1 aromatic carbocycles. The summed E-state index contributed by atoms with van der Waals surface area (Å²) in [7, 11) is 3.77. The van der Waals surface area contributed by atoms with Crippen LogP contribution in [0.5, 0.6) is 5.75 Å². The first kappa shape index (κ1) is 22.5. The zero-order valence-corrected chi connectivity index (χ0v) is 20.0. The molecule has 0 spiro atoms. The number of nitrogens with one attached hydrogen (secondary N) is 1. The van der Waals surface area contributed by atoms with Crippen molar-refractivity contribution in [2.45, 2.75) is 45.6 Å². The van der Waals surface area contributed by atoms with E-state index in [0.717, 1.165) is 36.3 Å². The molecule has 1 N–H and O–H groups in total. The van der Waals surface area contributed by atoms with Crippen LogP contribution < -0.4 is 10.1 Å². The van der Waals surface area contributed by atoms with Gasteiger partial charge in [0.1, 0.15) is 11.9 Å². The summed E-state index contributed by atoms with van der Waals surface area (Å²) in [6, 6.07) is 3.90. The minimum Gasteiger partial charge on any atom is -0.495 e. The first-order valence-corrected chi connectivity index (χ1v) is 11.6. The molecule has 4 heterocycles. The highest BCUT2D eigenvalue weighted by atomic mass is 19.1. The molecule has 0 saturated carbocycles. The van der Waals surface area contributed by atoms with Gasteiger partial charge in [-0.1, -0.05) is 6.92 Å². The Bertz CT molecular complexity index is 1230. The Morgan fingerprint density at radius 2 is 2.12 bits per heavy atom. The lowest BCUT2D eigenvalue weighted by Crippen LogP contribution is -2.39. The van der Waals surface area contributed by atoms with Crippen LogP contribution in [0.3, 0.4) is 0 Å². The van der Waals surface area contributed by atoms with Crippen molar-refractivity contribution >= 4 is 28.6 Å². The number of hydrogen-bond acceptors (Lipinski definition) is 7. The van der Waals surface area contributed by atoms with Crippen molar-refractivity contribution in [3.05, 3.63) is 35.7 Å². The third-order valence-electron chi connectivity index (χ3n) is 7.06. The Kier molecular flexibility index (Phi) is 5.85. The molecular weight excluding hydrogens is 437 g/mol. The van der Waals surface area contributed by atoms with Gasteiger partial charge in [-0.05, 0) is 36.7 Å². The molecule has 1 amide bonds.